The highest BCUT2D eigenvalue weighted by atomic mass is 79.9. The Hall–Kier alpha value is -3.54. The molecule has 45 heavy (non-hydrogen) atoms. The number of hydrogen-bond donors (Lipinski definition) is 5. The Bertz CT molecular complexity index is 1530. The van der Waals surface area contributed by atoms with Gasteiger partial charge in [-0.3, -0.25) is 24.0 Å². The van der Waals surface area contributed by atoms with Crippen LogP contribution in [0.3, 0.4) is 0 Å². The van der Waals surface area contributed by atoms with Crippen molar-refractivity contribution in [1.29, 1.82) is 0 Å². The van der Waals surface area contributed by atoms with Crippen LogP contribution in [-0.4, -0.2) is 110 Å². The number of sulfonamides is 1. The first-order valence-electron chi connectivity index (χ1n) is 14.3. The molecule has 1 saturated heterocycles. The Labute approximate surface area is 269 Å². The zero-order valence-electron chi connectivity index (χ0n) is 25.2. The number of carbonyl (C=O) groups is 5. The minimum atomic E-state index is -3.84. The lowest BCUT2D eigenvalue weighted by atomic mass is 10.1. The van der Waals surface area contributed by atoms with Gasteiger partial charge in [0.05, 0.1) is 12.9 Å². The Morgan fingerprint density at radius 2 is 1.89 bits per heavy atom. The molecule has 2 aromatic rings. The molecule has 4 atom stereocenters. The molecule has 0 saturated carbocycles. The normalized spacial score (nSPS) is 17.0. The Kier molecular flexibility index (Phi) is 12.5. The molecule has 1 aromatic carbocycles. The van der Waals surface area contributed by atoms with E-state index in [9.17, 15) is 37.5 Å². The van der Waals surface area contributed by atoms with Gasteiger partial charge in [0.15, 0.2) is 5.76 Å². The van der Waals surface area contributed by atoms with E-state index < -0.39 is 70.3 Å². The number of nitrogens with zero attached hydrogens (tertiary/aromatic N) is 2. The molecular formula is C28H39BrN6O9S. The van der Waals surface area contributed by atoms with Crippen molar-refractivity contribution in [1.82, 2.24) is 25.2 Å². The maximum Gasteiger partial charge on any atom is 0.287 e. The van der Waals surface area contributed by atoms with Crippen LogP contribution in [0.1, 0.15) is 49.6 Å². The number of aliphatic hydroxyl groups is 1. The summed E-state index contributed by atoms with van der Waals surface area (Å²) in [5.41, 5.74) is 5.95. The van der Waals surface area contributed by atoms with E-state index in [1.54, 1.807) is 12.1 Å². The van der Waals surface area contributed by atoms with Gasteiger partial charge in [-0.2, -0.15) is 0 Å². The van der Waals surface area contributed by atoms with E-state index in [0.29, 0.717) is 37.8 Å². The smallest absolute Gasteiger partial charge is 0.287 e. The van der Waals surface area contributed by atoms with Crippen LogP contribution < -0.4 is 21.1 Å². The minimum absolute atomic E-state index is 0.0218. The Morgan fingerprint density at radius 3 is 2.53 bits per heavy atom. The number of primary amides is 1. The van der Waals surface area contributed by atoms with Gasteiger partial charge in [-0.1, -0.05) is 15.9 Å². The quantitative estimate of drug-likeness (QED) is 0.154. The predicted molar refractivity (Wildman–Crippen MR) is 167 cm³/mol. The van der Waals surface area contributed by atoms with Crippen molar-refractivity contribution in [2.45, 2.75) is 63.2 Å². The molecule has 0 radical (unpaired) electrons. The van der Waals surface area contributed by atoms with E-state index >= 15 is 0 Å². The molecule has 2 heterocycles. The number of furan rings is 1. The van der Waals surface area contributed by atoms with Gasteiger partial charge in [0, 0.05) is 30.0 Å². The van der Waals surface area contributed by atoms with Gasteiger partial charge >= 0.3 is 0 Å². The SMILES string of the molecule is C[C@@H](C(=O)N1CCC[C@H]1C(N)=O)N(C)C(=O)[C@H](CO)NC(=O)[C@H](CCCCNC(=O)c1cc2ccc(Br)cc2o1)NS(C)(=O)=O. The second kappa shape index (κ2) is 15.6. The van der Waals surface area contributed by atoms with Gasteiger partial charge in [0.2, 0.25) is 33.7 Å². The van der Waals surface area contributed by atoms with Crippen molar-refractivity contribution in [3.05, 3.63) is 34.5 Å². The van der Waals surface area contributed by atoms with E-state index in [0.717, 1.165) is 21.0 Å². The van der Waals surface area contributed by atoms with E-state index in [-0.39, 0.29) is 18.7 Å². The third kappa shape index (κ3) is 9.72. The average Bonchev–Trinajstić information content (AvgIpc) is 3.64. The highest BCUT2D eigenvalue weighted by Gasteiger charge is 2.38. The van der Waals surface area contributed by atoms with Crippen molar-refractivity contribution in [3.63, 3.8) is 0 Å². The average molecular weight is 716 g/mol. The fraction of sp³-hybridized carbons (Fsp3) is 0.536. The molecule has 248 valence electrons. The van der Waals surface area contributed by atoms with Gasteiger partial charge in [-0.25, -0.2) is 13.1 Å². The predicted octanol–water partition coefficient (Wildman–Crippen LogP) is -0.186. The van der Waals surface area contributed by atoms with Gasteiger partial charge in [-0.05, 0) is 63.3 Å². The number of fused-ring (bicyclic) bond motifs is 1. The Balaban J connectivity index is 1.55. The molecule has 1 fully saturated rings. The molecule has 0 bridgehead atoms. The van der Waals surface area contributed by atoms with Crippen LogP contribution in [0.25, 0.3) is 11.0 Å². The summed E-state index contributed by atoms with van der Waals surface area (Å²) in [6, 6.07) is 2.42. The first kappa shape index (κ1) is 35.9. The second-order valence-electron chi connectivity index (χ2n) is 10.9. The van der Waals surface area contributed by atoms with Gasteiger partial charge in [-0.15, -0.1) is 0 Å². The van der Waals surface area contributed by atoms with Crippen molar-refractivity contribution < 1.29 is 41.9 Å². The van der Waals surface area contributed by atoms with E-state index in [1.165, 1.54) is 18.9 Å². The topological polar surface area (TPSA) is 221 Å². The molecule has 0 spiro atoms. The molecule has 0 aliphatic carbocycles. The third-order valence-electron chi connectivity index (χ3n) is 7.53. The number of aliphatic hydroxyl groups excluding tert-OH is 1. The number of nitrogens with one attached hydrogen (secondary N) is 3. The van der Waals surface area contributed by atoms with Crippen molar-refractivity contribution in [2.75, 3.05) is 33.0 Å². The number of nitrogens with two attached hydrogens (primary N) is 1. The van der Waals surface area contributed by atoms with Crippen LogP contribution in [-0.2, 0) is 29.2 Å². The number of likely N-dealkylation sites (tertiary alicyclic amines) is 1. The molecule has 1 aliphatic heterocycles. The molecular weight excluding hydrogens is 676 g/mol. The highest BCUT2D eigenvalue weighted by molar-refractivity contribution is 9.10. The summed E-state index contributed by atoms with van der Waals surface area (Å²) in [7, 11) is -2.52. The largest absolute Gasteiger partial charge is 0.451 e. The van der Waals surface area contributed by atoms with Crippen LogP contribution >= 0.6 is 15.9 Å². The summed E-state index contributed by atoms with van der Waals surface area (Å²) >= 11 is 3.35. The van der Waals surface area contributed by atoms with Crippen molar-refractivity contribution in [2.24, 2.45) is 5.73 Å². The lowest BCUT2D eigenvalue weighted by molar-refractivity contribution is -0.148. The maximum absolute atomic E-state index is 13.1. The molecule has 1 aromatic heterocycles. The van der Waals surface area contributed by atoms with Gasteiger partial charge in [0.1, 0.15) is 29.8 Å². The lowest BCUT2D eigenvalue weighted by Crippen LogP contribution is -2.58. The van der Waals surface area contributed by atoms with Crippen LogP contribution in [0.4, 0.5) is 0 Å². The van der Waals surface area contributed by atoms with Crippen molar-refractivity contribution in [3.8, 4) is 0 Å². The summed E-state index contributed by atoms with van der Waals surface area (Å²) in [6.45, 7) is 1.15. The van der Waals surface area contributed by atoms with E-state index in [4.69, 9.17) is 10.2 Å². The first-order chi connectivity index (χ1) is 21.1. The zero-order valence-corrected chi connectivity index (χ0v) is 27.6. The summed E-state index contributed by atoms with van der Waals surface area (Å²) < 4.78 is 32.6. The number of likely N-dealkylation sites (N-methyl/N-ethyl adjacent to an activating group) is 1. The molecule has 15 nitrogen and oxygen atoms in total. The monoisotopic (exact) mass is 714 g/mol. The van der Waals surface area contributed by atoms with Gasteiger partial charge < -0.3 is 35.7 Å². The standard InChI is InChI=1S/C28H39BrN6O9S/c1-16(27(40)35-12-6-8-21(35)24(30)37)34(2)28(41)20(15-36)32-25(38)19(33-45(3,42)43)7-4-5-11-31-26(39)23-13-17-9-10-18(29)14-22(17)44-23/h9-10,13-14,16,19-21,33,36H,4-8,11-12,15H2,1-3H3,(H2,30,37)(H,31,39)(H,32,38)/t16-,19-,20-,21-/m0/s1. The molecule has 0 unspecified atom stereocenters. The van der Waals surface area contributed by atoms with Crippen LogP contribution in [0.15, 0.2) is 33.2 Å². The van der Waals surface area contributed by atoms with Crippen LogP contribution in [0, 0.1) is 0 Å². The molecule has 17 heteroatoms. The summed E-state index contributed by atoms with van der Waals surface area (Å²) in [5, 5.41) is 15.7. The zero-order chi connectivity index (χ0) is 33.5. The highest BCUT2D eigenvalue weighted by Crippen LogP contribution is 2.23. The lowest BCUT2D eigenvalue weighted by Gasteiger charge is -2.32. The van der Waals surface area contributed by atoms with Gasteiger partial charge in [0.25, 0.3) is 5.91 Å². The fourth-order valence-electron chi connectivity index (χ4n) is 5.01. The fourth-order valence-corrected chi connectivity index (χ4v) is 6.09. The number of carbonyl (C=O) groups excluding carboxylic acids is 5. The first-order valence-corrected chi connectivity index (χ1v) is 17.0. The van der Waals surface area contributed by atoms with Crippen molar-refractivity contribution >= 4 is 66.5 Å². The summed E-state index contributed by atoms with van der Waals surface area (Å²) in [4.78, 5) is 65.8. The number of hydrogen-bond acceptors (Lipinski definition) is 9. The number of halogens is 1. The third-order valence-corrected chi connectivity index (χ3v) is 8.74. The number of rotatable bonds is 15. The van der Waals surface area contributed by atoms with Crippen LogP contribution in [0.5, 0.6) is 0 Å². The molecule has 3 rings (SSSR count). The minimum Gasteiger partial charge on any atom is -0.451 e. The molecule has 1 aliphatic rings. The second-order valence-corrected chi connectivity index (χ2v) is 13.6. The summed E-state index contributed by atoms with van der Waals surface area (Å²) in [5.74, 6) is -3.09. The number of unbranched alkanes of at least 4 members (excludes halogenated alkanes) is 1. The summed E-state index contributed by atoms with van der Waals surface area (Å²) in [6.07, 6.45) is 2.61. The van der Waals surface area contributed by atoms with Crippen LogP contribution in [0.2, 0.25) is 0 Å². The molecule has 6 N–H and O–H groups in total. The molecule has 5 amide bonds. The number of amides is 5. The maximum atomic E-state index is 13.1. The Morgan fingerprint density at radius 1 is 1.18 bits per heavy atom. The number of benzene rings is 1. The van der Waals surface area contributed by atoms with E-state index in [1.807, 2.05) is 12.1 Å². The van der Waals surface area contributed by atoms with E-state index in [2.05, 4.69) is 31.3 Å².